The number of nitrogens with one attached hydrogen (secondary N) is 1. The third-order valence-electron chi connectivity index (χ3n) is 4.50. The molecule has 0 radical (unpaired) electrons. The number of anilines is 2. The Balaban J connectivity index is 1.85. The summed E-state index contributed by atoms with van der Waals surface area (Å²) in [5, 5.41) is 14.4. The van der Waals surface area contributed by atoms with Crippen molar-refractivity contribution >= 4 is 26.9 Å². The molecule has 2 aromatic carbocycles. The second kappa shape index (κ2) is 7.33. The standard InChI is InChI=1S/C18H21N3O4S/c1-26(24,25)15-8-9-16(18(12-15)21(22)23)19-13-14-6-2-3-7-17(14)20-10-4-5-11-20/h2-3,6-9,12,19H,4-5,10-11,13H2,1H3. The van der Waals surface area contributed by atoms with Crippen molar-refractivity contribution in [3.8, 4) is 0 Å². The van der Waals surface area contributed by atoms with Crippen LogP contribution in [0.2, 0.25) is 0 Å². The quantitative estimate of drug-likeness (QED) is 0.616. The highest BCUT2D eigenvalue weighted by Crippen LogP contribution is 2.30. The fourth-order valence-corrected chi connectivity index (χ4v) is 3.80. The van der Waals surface area contributed by atoms with Crippen molar-refractivity contribution in [2.24, 2.45) is 0 Å². The van der Waals surface area contributed by atoms with Gasteiger partial charge in [0.25, 0.3) is 5.69 Å². The van der Waals surface area contributed by atoms with E-state index in [0.717, 1.165) is 36.7 Å². The zero-order chi connectivity index (χ0) is 18.7. The third-order valence-corrected chi connectivity index (χ3v) is 5.61. The van der Waals surface area contributed by atoms with Crippen molar-refractivity contribution in [2.45, 2.75) is 24.3 Å². The first kappa shape index (κ1) is 18.2. The maximum Gasteiger partial charge on any atom is 0.293 e. The SMILES string of the molecule is CS(=O)(=O)c1ccc(NCc2ccccc2N2CCCC2)c([N+](=O)[O-])c1. The molecule has 8 heteroatoms. The summed E-state index contributed by atoms with van der Waals surface area (Å²) in [5.74, 6) is 0. The van der Waals surface area contributed by atoms with E-state index in [1.807, 2.05) is 18.2 Å². The zero-order valence-electron chi connectivity index (χ0n) is 14.5. The van der Waals surface area contributed by atoms with E-state index in [2.05, 4.69) is 16.3 Å². The van der Waals surface area contributed by atoms with E-state index in [1.54, 1.807) is 0 Å². The van der Waals surface area contributed by atoms with Crippen LogP contribution < -0.4 is 10.2 Å². The molecule has 1 fully saturated rings. The van der Waals surface area contributed by atoms with Crippen molar-refractivity contribution in [1.29, 1.82) is 0 Å². The lowest BCUT2D eigenvalue weighted by Crippen LogP contribution is -2.20. The first-order valence-corrected chi connectivity index (χ1v) is 10.3. The van der Waals surface area contributed by atoms with Crippen LogP contribution in [0.3, 0.4) is 0 Å². The van der Waals surface area contributed by atoms with Gasteiger partial charge >= 0.3 is 0 Å². The molecule has 26 heavy (non-hydrogen) atoms. The predicted octanol–water partition coefficient (Wildman–Crippen LogP) is 3.21. The van der Waals surface area contributed by atoms with Crippen LogP contribution in [0.25, 0.3) is 0 Å². The second-order valence-corrected chi connectivity index (χ2v) is 8.40. The van der Waals surface area contributed by atoms with E-state index in [9.17, 15) is 18.5 Å². The highest BCUT2D eigenvalue weighted by atomic mass is 32.2. The van der Waals surface area contributed by atoms with Gasteiger partial charge < -0.3 is 10.2 Å². The van der Waals surface area contributed by atoms with Crippen LogP contribution in [0, 0.1) is 10.1 Å². The largest absolute Gasteiger partial charge is 0.375 e. The monoisotopic (exact) mass is 375 g/mol. The minimum Gasteiger partial charge on any atom is -0.375 e. The number of benzene rings is 2. The van der Waals surface area contributed by atoms with Crippen LogP contribution in [0.15, 0.2) is 47.4 Å². The number of para-hydroxylation sites is 1. The van der Waals surface area contributed by atoms with E-state index < -0.39 is 14.8 Å². The highest BCUT2D eigenvalue weighted by Gasteiger charge is 2.20. The fourth-order valence-electron chi connectivity index (χ4n) is 3.16. The molecule has 0 saturated carbocycles. The molecule has 0 bridgehead atoms. The maximum absolute atomic E-state index is 11.6. The molecular weight excluding hydrogens is 354 g/mol. The molecule has 138 valence electrons. The molecule has 1 aliphatic heterocycles. The average molecular weight is 375 g/mol. The number of nitrogens with zero attached hydrogens (tertiary/aromatic N) is 2. The molecule has 7 nitrogen and oxygen atoms in total. The van der Waals surface area contributed by atoms with Crippen LogP contribution in [0.4, 0.5) is 17.1 Å². The minimum atomic E-state index is -3.50. The summed E-state index contributed by atoms with van der Waals surface area (Å²) >= 11 is 0. The lowest BCUT2D eigenvalue weighted by atomic mass is 10.1. The number of hydrogen-bond acceptors (Lipinski definition) is 6. The van der Waals surface area contributed by atoms with Crippen LogP contribution >= 0.6 is 0 Å². The van der Waals surface area contributed by atoms with Gasteiger partial charge in [0.2, 0.25) is 0 Å². The van der Waals surface area contributed by atoms with E-state index in [-0.39, 0.29) is 10.6 Å². The summed E-state index contributed by atoms with van der Waals surface area (Å²) in [4.78, 5) is 13.0. The smallest absolute Gasteiger partial charge is 0.293 e. The van der Waals surface area contributed by atoms with E-state index in [0.29, 0.717) is 12.2 Å². The zero-order valence-corrected chi connectivity index (χ0v) is 15.3. The van der Waals surface area contributed by atoms with Crippen molar-refractivity contribution in [3.63, 3.8) is 0 Å². The third kappa shape index (κ3) is 3.96. The summed E-state index contributed by atoms with van der Waals surface area (Å²) in [6, 6.07) is 11.9. The van der Waals surface area contributed by atoms with E-state index in [4.69, 9.17) is 0 Å². The summed E-state index contributed by atoms with van der Waals surface area (Å²) in [6.07, 6.45) is 3.37. The molecule has 2 aromatic rings. The molecular formula is C18H21N3O4S. The highest BCUT2D eigenvalue weighted by molar-refractivity contribution is 7.90. The molecule has 0 atom stereocenters. The molecule has 1 aliphatic rings. The van der Waals surface area contributed by atoms with Crippen LogP contribution in [-0.4, -0.2) is 32.7 Å². The minimum absolute atomic E-state index is 0.0628. The molecule has 1 N–H and O–H groups in total. The molecule has 3 rings (SSSR count). The summed E-state index contributed by atoms with van der Waals surface area (Å²) in [7, 11) is -3.50. The summed E-state index contributed by atoms with van der Waals surface area (Å²) < 4.78 is 23.3. The molecule has 0 amide bonds. The molecule has 0 spiro atoms. The molecule has 1 heterocycles. The summed E-state index contributed by atoms with van der Waals surface area (Å²) in [5.41, 5.74) is 2.24. The van der Waals surface area contributed by atoms with Gasteiger partial charge in [-0.2, -0.15) is 0 Å². The van der Waals surface area contributed by atoms with Gasteiger partial charge in [0, 0.05) is 37.6 Å². The molecule has 0 aliphatic carbocycles. The van der Waals surface area contributed by atoms with Crippen molar-refractivity contribution < 1.29 is 13.3 Å². The fraction of sp³-hybridized carbons (Fsp3) is 0.333. The lowest BCUT2D eigenvalue weighted by Gasteiger charge is -2.21. The average Bonchev–Trinajstić information content (AvgIpc) is 3.13. The van der Waals surface area contributed by atoms with Gasteiger partial charge in [-0.25, -0.2) is 8.42 Å². The Bertz CT molecular complexity index is 922. The lowest BCUT2D eigenvalue weighted by molar-refractivity contribution is -0.384. The van der Waals surface area contributed by atoms with E-state index in [1.165, 1.54) is 25.0 Å². The Morgan fingerprint density at radius 3 is 2.50 bits per heavy atom. The first-order valence-electron chi connectivity index (χ1n) is 8.41. The van der Waals surface area contributed by atoms with Crippen LogP contribution in [-0.2, 0) is 16.4 Å². The molecule has 1 saturated heterocycles. The Labute approximate surface area is 152 Å². The van der Waals surface area contributed by atoms with Crippen LogP contribution in [0.5, 0.6) is 0 Å². The predicted molar refractivity (Wildman–Crippen MR) is 101 cm³/mol. The van der Waals surface area contributed by atoms with Crippen molar-refractivity contribution in [1.82, 2.24) is 0 Å². The van der Waals surface area contributed by atoms with Gasteiger partial charge in [0.1, 0.15) is 5.69 Å². The Hall–Kier alpha value is -2.61. The molecule has 0 unspecified atom stereocenters. The van der Waals surface area contributed by atoms with Gasteiger partial charge in [0.15, 0.2) is 9.84 Å². The number of nitro groups is 1. The number of nitro benzene ring substituents is 1. The molecule has 0 aromatic heterocycles. The topological polar surface area (TPSA) is 92.6 Å². The number of hydrogen-bond donors (Lipinski definition) is 1. The Morgan fingerprint density at radius 1 is 1.15 bits per heavy atom. The van der Waals surface area contributed by atoms with Crippen molar-refractivity contribution in [3.05, 3.63) is 58.1 Å². The number of rotatable bonds is 6. The maximum atomic E-state index is 11.6. The number of sulfone groups is 1. The van der Waals surface area contributed by atoms with Gasteiger partial charge in [-0.15, -0.1) is 0 Å². The summed E-state index contributed by atoms with van der Waals surface area (Å²) in [6.45, 7) is 2.45. The van der Waals surface area contributed by atoms with Gasteiger partial charge in [0.05, 0.1) is 9.82 Å². The second-order valence-electron chi connectivity index (χ2n) is 6.38. The Kier molecular flexibility index (Phi) is 5.13. The Morgan fingerprint density at radius 2 is 1.85 bits per heavy atom. The van der Waals surface area contributed by atoms with Crippen molar-refractivity contribution in [2.75, 3.05) is 29.6 Å². The first-order chi connectivity index (χ1) is 12.4. The van der Waals surface area contributed by atoms with Gasteiger partial charge in [-0.3, -0.25) is 10.1 Å². The van der Waals surface area contributed by atoms with Crippen LogP contribution in [0.1, 0.15) is 18.4 Å². The van der Waals surface area contributed by atoms with Gasteiger partial charge in [-0.1, -0.05) is 18.2 Å². The van der Waals surface area contributed by atoms with Gasteiger partial charge in [-0.05, 0) is 36.6 Å². The normalized spacial score (nSPS) is 14.4. The van der Waals surface area contributed by atoms with E-state index >= 15 is 0 Å².